The highest BCUT2D eigenvalue weighted by Crippen LogP contribution is 2.35. The van der Waals surface area contributed by atoms with E-state index < -0.39 is 22.8 Å². The minimum atomic E-state index is -0.747. The van der Waals surface area contributed by atoms with Gasteiger partial charge in [0.2, 0.25) is 5.75 Å². The van der Waals surface area contributed by atoms with E-state index in [0.717, 1.165) is 19.4 Å². The minimum absolute atomic E-state index is 0.125. The van der Waals surface area contributed by atoms with Gasteiger partial charge in [-0.05, 0) is 51.1 Å². The Bertz CT molecular complexity index is 881. The molecule has 8 heteroatoms. The Balaban J connectivity index is 1.85. The number of carbonyl (C=O) groups excluding carboxylic acids is 1. The van der Waals surface area contributed by atoms with Crippen molar-refractivity contribution in [2.75, 3.05) is 13.6 Å². The number of aromatic hydroxyl groups is 1. The number of aromatic nitrogens is 2. The van der Waals surface area contributed by atoms with Crippen molar-refractivity contribution >= 4 is 5.91 Å². The van der Waals surface area contributed by atoms with Crippen LogP contribution in [0.2, 0.25) is 0 Å². The molecule has 1 aliphatic heterocycles. The zero-order chi connectivity index (χ0) is 18.9. The van der Waals surface area contributed by atoms with Gasteiger partial charge in [0, 0.05) is 6.54 Å². The standard InChI is InChI=1S/C18H21FN4O3/c1-18(8-3-9-23(18)2)17-21-13(14(24)16(26)22-17)15(25)20-10-11-4-6-12(19)7-5-11/h4-7,24H,3,8-10H2,1-2H3,(H,20,25)(H,21,22,26)/t18-/m0/s1. The summed E-state index contributed by atoms with van der Waals surface area (Å²) in [4.78, 5) is 33.4. The maximum atomic E-state index is 12.9. The first-order valence-corrected chi connectivity index (χ1v) is 8.39. The van der Waals surface area contributed by atoms with Gasteiger partial charge in [-0.1, -0.05) is 12.1 Å². The molecule has 0 unspecified atom stereocenters. The van der Waals surface area contributed by atoms with Crippen LogP contribution in [0.4, 0.5) is 4.39 Å². The largest absolute Gasteiger partial charge is 0.501 e. The van der Waals surface area contributed by atoms with E-state index in [-0.39, 0.29) is 18.1 Å². The van der Waals surface area contributed by atoms with Crippen LogP contribution >= 0.6 is 0 Å². The molecule has 1 saturated heterocycles. The van der Waals surface area contributed by atoms with E-state index >= 15 is 0 Å². The van der Waals surface area contributed by atoms with Crippen molar-refractivity contribution in [2.45, 2.75) is 31.8 Å². The lowest BCUT2D eigenvalue weighted by molar-refractivity contribution is 0.0940. The molecule has 2 heterocycles. The van der Waals surface area contributed by atoms with Gasteiger partial charge in [0.15, 0.2) is 5.69 Å². The van der Waals surface area contributed by atoms with Gasteiger partial charge < -0.3 is 15.4 Å². The van der Waals surface area contributed by atoms with Crippen molar-refractivity contribution in [3.05, 3.63) is 57.5 Å². The fraction of sp³-hybridized carbons (Fsp3) is 0.389. The van der Waals surface area contributed by atoms with Gasteiger partial charge in [-0.15, -0.1) is 0 Å². The molecule has 3 rings (SSSR count). The fourth-order valence-electron chi connectivity index (χ4n) is 3.15. The number of nitrogens with one attached hydrogen (secondary N) is 2. The summed E-state index contributed by atoms with van der Waals surface area (Å²) in [5, 5.41) is 12.6. The molecule has 1 aromatic carbocycles. The third-order valence-corrected chi connectivity index (χ3v) is 4.99. The van der Waals surface area contributed by atoms with Crippen LogP contribution in [0.5, 0.6) is 5.75 Å². The van der Waals surface area contributed by atoms with Gasteiger partial charge in [-0.2, -0.15) is 0 Å². The van der Waals surface area contributed by atoms with Gasteiger partial charge in [-0.25, -0.2) is 9.37 Å². The van der Waals surface area contributed by atoms with Gasteiger partial charge >= 0.3 is 0 Å². The molecule has 1 aromatic heterocycles. The molecule has 138 valence electrons. The second kappa shape index (κ2) is 6.87. The number of H-pyrrole nitrogens is 1. The van der Waals surface area contributed by atoms with Crippen LogP contribution in [0.15, 0.2) is 29.1 Å². The SMILES string of the molecule is CN1CCC[C@@]1(C)c1nc(C(=O)NCc2ccc(F)cc2)c(O)c(=O)[nH]1. The molecule has 0 aliphatic carbocycles. The topological polar surface area (TPSA) is 98.3 Å². The number of amides is 1. The minimum Gasteiger partial charge on any atom is -0.501 e. The average Bonchev–Trinajstić information content (AvgIpc) is 2.96. The fourth-order valence-corrected chi connectivity index (χ4v) is 3.15. The van der Waals surface area contributed by atoms with Crippen LogP contribution in [-0.4, -0.2) is 39.5 Å². The lowest BCUT2D eigenvalue weighted by Gasteiger charge is -2.31. The highest BCUT2D eigenvalue weighted by atomic mass is 19.1. The maximum absolute atomic E-state index is 12.9. The number of nitrogens with zero attached hydrogens (tertiary/aromatic N) is 2. The predicted octanol–water partition coefficient (Wildman–Crippen LogP) is 1.49. The summed E-state index contributed by atoms with van der Waals surface area (Å²) in [5.74, 6) is -1.39. The van der Waals surface area contributed by atoms with Gasteiger partial charge in [-0.3, -0.25) is 14.5 Å². The van der Waals surface area contributed by atoms with Crippen molar-refractivity contribution < 1.29 is 14.3 Å². The molecule has 3 N–H and O–H groups in total. The third kappa shape index (κ3) is 3.32. The van der Waals surface area contributed by atoms with Gasteiger partial charge in [0.1, 0.15) is 11.6 Å². The lowest BCUT2D eigenvalue weighted by atomic mass is 9.98. The first kappa shape index (κ1) is 18.1. The van der Waals surface area contributed by atoms with E-state index in [4.69, 9.17) is 0 Å². The summed E-state index contributed by atoms with van der Waals surface area (Å²) in [6, 6.07) is 5.67. The van der Waals surface area contributed by atoms with E-state index in [1.54, 1.807) is 12.1 Å². The van der Waals surface area contributed by atoms with E-state index in [1.807, 2.05) is 14.0 Å². The molecule has 1 aliphatic rings. The molecule has 26 heavy (non-hydrogen) atoms. The monoisotopic (exact) mass is 360 g/mol. The molecule has 0 spiro atoms. The number of carbonyl (C=O) groups is 1. The van der Waals surface area contributed by atoms with Crippen molar-refractivity contribution in [2.24, 2.45) is 0 Å². The summed E-state index contributed by atoms with van der Waals surface area (Å²) in [7, 11) is 1.92. The van der Waals surface area contributed by atoms with Gasteiger partial charge in [0.25, 0.3) is 11.5 Å². The summed E-state index contributed by atoms with van der Waals surface area (Å²) in [6.45, 7) is 2.92. The third-order valence-electron chi connectivity index (χ3n) is 4.99. The number of rotatable bonds is 4. The summed E-state index contributed by atoms with van der Waals surface area (Å²) < 4.78 is 12.9. The maximum Gasteiger partial charge on any atom is 0.293 e. The molecule has 0 bridgehead atoms. The Morgan fingerprint density at radius 3 is 2.73 bits per heavy atom. The zero-order valence-corrected chi connectivity index (χ0v) is 14.7. The van der Waals surface area contributed by atoms with Crippen molar-refractivity contribution in [3.8, 4) is 5.75 Å². The number of aromatic amines is 1. The lowest BCUT2D eigenvalue weighted by Crippen LogP contribution is -2.39. The number of hydrogen-bond donors (Lipinski definition) is 3. The molecule has 7 nitrogen and oxygen atoms in total. The van der Waals surface area contributed by atoms with Crippen LogP contribution in [0, 0.1) is 5.82 Å². The van der Waals surface area contributed by atoms with E-state index in [9.17, 15) is 19.1 Å². The van der Waals surface area contributed by atoms with Crippen LogP contribution < -0.4 is 10.9 Å². The Morgan fingerprint density at radius 2 is 2.12 bits per heavy atom. The van der Waals surface area contributed by atoms with E-state index in [1.165, 1.54) is 12.1 Å². The van der Waals surface area contributed by atoms with Gasteiger partial charge in [0.05, 0.1) is 5.54 Å². The quantitative estimate of drug-likeness (QED) is 0.767. The molecule has 0 radical (unpaired) electrons. The van der Waals surface area contributed by atoms with Crippen molar-refractivity contribution in [1.82, 2.24) is 20.2 Å². The Morgan fingerprint density at radius 1 is 1.42 bits per heavy atom. The normalized spacial score (nSPS) is 20.3. The summed E-state index contributed by atoms with van der Waals surface area (Å²) in [6.07, 6.45) is 1.73. The molecule has 0 saturated carbocycles. The molecule has 1 atom stereocenters. The molecular weight excluding hydrogens is 339 g/mol. The van der Waals surface area contributed by atoms with E-state index in [0.29, 0.717) is 11.4 Å². The van der Waals surface area contributed by atoms with Crippen LogP contribution in [0.1, 0.15) is 41.6 Å². The first-order valence-electron chi connectivity index (χ1n) is 8.39. The number of benzene rings is 1. The second-order valence-corrected chi connectivity index (χ2v) is 6.72. The van der Waals surface area contributed by atoms with Crippen molar-refractivity contribution in [3.63, 3.8) is 0 Å². The predicted molar refractivity (Wildman–Crippen MR) is 93.3 cm³/mol. The summed E-state index contributed by atoms with van der Waals surface area (Å²) >= 11 is 0. The number of halogens is 1. The van der Waals surface area contributed by atoms with Crippen molar-refractivity contribution in [1.29, 1.82) is 0 Å². The molecule has 1 fully saturated rings. The Kier molecular flexibility index (Phi) is 4.78. The second-order valence-electron chi connectivity index (χ2n) is 6.72. The highest BCUT2D eigenvalue weighted by molar-refractivity contribution is 5.94. The zero-order valence-electron chi connectivity index (χ0n) is 14.7. The summed E-state index contributed by atoms with van der Waals surface area (Å²) in [5.41, 5.74) is -0.874. The average molecular weight is 360 g/mol. The van der Waals surface area contributed by atoms with Crippen LogP contribution in [0.25, 0.3) is 0 Å². The molecule has 2 aromatic rings. The van der Waals surface area contributed by atoms with E-state index in [2.05, 4.69) is 20.2 Å². The Hall–Kier alpha value is -2.74. The number of hydrogen-bond acceptors (Lipinski definition) is 5. The van der Waals surface area contributed by atoms with Crippen LogP contribution in [-0.2, 0) is 12.1 Å². The smallest absolute Gasteiger partial charge is 0.293 e. The molecule has 1 amide bonds. The first-order chi connectivity index (χ1) is 12.3. The Labute approximate surface area is 149 Å². The highest BCUT2D eigenvalue weighted by Gasteiger charge is 2.39. The molecular formula is C18H21FN4O3. The van der Waals surface area contributed by atoms with Crippen LogP contribution in [0.3, 0.4) is 0 Å². The number of likely N-dealkylation sites (tertiary alicyclic amines) is 1.